The van der Waals surface area contributed by atoms with Crippen molar-refractivity contribution in [1.29, 1.82) is 0 Å². The third-order valence-corrected chi connectivity index (χ3v) is 3.05. The van der Waals surface area contributed by atoms with Crippen LogP contribution in [0.25, 0.3) is 5.69 Å². The Morgan fingerprint density at radius 2 is 2.00 bits per heavy atom. The van der Waals surface area contributed by atoms with Crippen LogP contribution in [0.2, 0.25) is 0 Å². The fourth-order valence-corrected chi connectivity index (χ4v) is 1.92. The Balaban J connectivity index is 2.00. The molecule has 3 aromatic rings. The zero-order chi connectivity index (χ0) is 14.8. The van der Waals surface area contributed by atoms with Gasteiger partial charge in [-0.05, 0) is 31.2 Å². The number of H-pyrrole nitrogens is 2. The Kier molecular flexibility index (Phi) is 3.19. The Bertz CT molecular complexity index is 825. The molecule has 2 aromatic heterocycles. The molecule has 0 amide bonds. The van der Waals surface area contributed by atoms with Gasteiger partial charge in [0.25, 0.3) is 11.5 Å². The predicted octanol–water partition coefficient (Wildman–Crippen LogP) is 1.05. The summed E-state index contributed by atoms with van der Waals surface area (Å²) in [7, 11) is 0. The molecule has 0 saturated heterocycles. The highest BCUT2D eigenvalue weighted by Gasteiger charge is 2.10. The summed E-state index contributed by atoms with van der Waals surface area (Å²) >= 11 is 0. The maximum atomic E-state index is 12.4. The van der Waals surface area contributed by atoms with E-state index in [0.717, 1.165) is 11.3 Å². The molecule has 0 bridgehead atoms. The van der Waals surface area contributed by atoms with Gasteiger partial charge in [-0.15, -0.1) is 5.10 Å². The maximum absolute atomic E-state index is 12.4. The fraction of sp³-hybridized carbons (Fsp3) is 0.154. The van der Waals surface area contributed by atoms with Gasteiger partial charge in [0.2, 0.25) is 0 Å². The van der Waals surface area contributed by atoms with E-state index in [1.54, 1.807) is 0 Å². The molecule has 0 saturated carbocycles. The molecule has 8 nitrogen and oxygen atoms in total. The summed E-state index contributed by atoms with van der Waals surface area (Å²) in [6, 6.07) is 7.66. The lowest BCUT2D eigenvalue weighted by Crippen LogP contribution is -2.17. The van der Waals surface area contributed by atoms with Gasteiger partial charge < -0.3 is 0 Å². The molecule has 0 fully saturated rings. The van der Waals surface area contributed by atoms with Gasteiger partial charge in [0, 0.05) is 11.9 Å². The molecular formula is C13H13N7O. The van der Waals surface area contributed by atoms with Crippen molar-refractivity contribution in [3.63, 3.8) is 0 Å². The minimum absolute atomic E-state index is 0.177. The number of aryl methyl sites for hydroxylation is 2. The predicted molar refractivity (Wildman–Crippen MR) is 77.3 cm³/mol. The minimum Gasteiger partial charge on any atom is -0.295 e. The minimum atomic E-state index is -0.177. The number of nitrogens with one attached hydrogen (secondary N) is 2. The second kappa shape index (κ2) is 5.16. The molecule has 8 heteroatoms. The van der Waals surface area contributed by atoms with E-state index >= 15 is 0 Å². The van der Waals surface area contributed by atoms with Crippen LogP contribution >= 0.6 is 0 Å². The standard InChI is InChI=1S/C13H13N7O/c1-8-3-5-10(6-4-8)20-12(21)11(9(2)17-20)7-14-13-15-18-19-16-13/h3-7,17H,1-2H3,(H,15,16,18,19). The summed E-state index contributed by atoms with van der Waals surface area (Å²) in [4.78, 5) is 16.4. The first-order chi connectivity index (χ1) is 10.1. The average molecular weight is 283 g/mol. The van der Waals surface area contributed by atoms with Gasteiger partial charge in [0.05, 0.1) is 11.3 Å². The number of aromatic nitrogens is 6. The van der Waals surface area contributed by atoms with Crippen molar-refractivity contribution in [3.05, 3.63) is 51.4 Å². The number of hydrogen-bond acceptors (Lipinski definition) is 5. The third kappa shape index (κ3) is 2.50. The van der Waals surface area contributed by atoms with Crippen LogP contribution in [0.15, 0.2) is 34.1 Å². The van der Waals surface area contributed by atoms with E-state index < -0.39 is 0 Å². The molecule has 21 heavy (non-hydrogen) atoms. The Hall–Kier alpha value is -3.03. The SMILES string of the molecule is Cc1ccc(-n2[nH]c(C)c(C=Nc3nn[nH]n3)c2=O)cc1. The molecule has 2 heterocycles. The van der Waals surface area contributed by atoms with Gasteiger partial charge in [0.1, 0.15) is 0 Å². The van der Waals surface area contributed by atoms with Crippen LogP contribution in [0.3, 0.4) is 0 Å². The van der Waals surface area contributed by atoms with Crippen molar-refractivity contribution in [2.24, 2.45) is 4.99 Å². The average Bonchev–Trinajstić information content (AvgIpc) is 3.07. The van der Waals surface area contributed by atoms with Gasteiger partial charge in [-0.25, -0.2) is 9.67 Å². The van der Waals surface area contributed by atoms with Gasteiger partial charge in [-0.1, -0.05) is 22.8 Å². The van der Waals surface area contributed by atoms with E-state index in [2.05, 4.69) is 30.7 Å². The Labute approximate surface area is 119 Å². The summed E-state index contributed by atoms with van der Waals surface area (Å²) in [5.74, 6) is 0.178. The zero-order valence-electron chi connectivity index (χ0n) is 11.5. The maximum Gasteiger partial charge on any atom is 0.288 e. The van der Waals surface area contributed by atoms with Crippen LogP contribution in [-0.4, -0.2) is 36.6 Å². The van der Waals surface area contributed by atoms with Crippen LogP contribution in [-0.2, 0) is 0 Å². The van der Waals surface area contributed by atoms with Crippen molar-refractivity contribution in [2.75, 3.05) is 0 Å². The fourth-order valence-electron chi connectivity index (χ4n) is 1.92. The highest BCUT2D eigenvalue weighted by Crippen LogP contribution is 2.08. The topological polar surface area (TPSA) is 105 Å². The molecule has 106 valence electrons. The molecule has 0 unspecified atom stereocenters. The highest BCUT2D eigenvalue weighted by atomic mass is 16.1. The molecule has 0 aliphatic rings. The normalized spacial score (nSPS) is 11.3. The summed E-state index contributed by atoms with van der Waals surface area (Å²) in [5.41, 5.74) is 2.90. The summed E-state index contributed by atoms with van der Waals surface area (Å²) in [6.45, 7) is 3.80. The summed E-state index contributed by atoms with van der Waals surface area (Å²) in [5, 5.41) is 16.1. The highest BCUT2D eigenvalue weighted by molar-refractivity contribution is 5.82. The molecule has 0 atom stereocenters. The lowest BCUT2D eigenvalue weighted by molar-refractivity contribution is 0.835. The van der Waals surface area contributed by atoms with Gasteiger partial charge in [-0.2, -0.15) is 5.21 Å². The lowest BCUT2D eigenvalue weighted by Gasteiger charge is -2.01. The molecule has 0 aliphatic heterocycles. The number of nitrogens with zero attached hydrogens (tertiary/aromatic N) is 5. The van der Waals surface area contributed by atoms with E-state index in [0.29, 0.717) is 11.3 Å². The molecule has 0 radical (unpaired) electrons. The third-order valence-electron chi connectivity index (χ3n) is 3.05. The van der Waals surface area contributed by atoms with Crippen LogP contribution in [0.5, 0.6) is 0 Å². The molecule has 3 rings (SSSR count). The summed E-state index contributed by atoms with van der Waals surface area (Å²) in [6.07, 6.45) is 1.43. The van der Waals surface area contributed by atoms with E-state index in [1.807, 2.05) is 38.1 Å². The first-order valence-corrected chi connectivity index (χ1v) is 6.31. The first-order valence-electron chi connectivity index (χ1n) is 6.31. The zero-order valence-corrected chi connectivity index (χ0v) is 11.5. The molecular weight excluding hydrogens is 270 g/mol. The van der Waals surface area contributed by atoms with Crippen molar-refractivity contribution in [3.8, 4) is 5.69 Å². The van der Waals surface area contributed by atoms with E-state index in [9.17, 15) is 4.79 Å². The van der Waals surface area contributed by atoms with Gasteiger partial charge >= 0.3 is 0 Å². The first kappa shape index (κ1) is 13.0. The van der Waals surface area contributed by atoms with Crippen LogP contribution in [0, 0.1) is 13.8 Å². The number of benzene rings is 1. The van der Waals surface area contributed by atoms with Crippen molar-refractivity contribution in [1.82, 2.24) is 30.4 Å². The quantitative estimate of drug-likeness (QED) is 0.701. The van der Waals surface area contributed by atoms with Crippen LogP contribution < -0.4 is 5.56 Å². The molecule has 1 aromatic carbocycles. The van der Waals surface area contributed by atoms with Crippen molar-refractivity contribution in [2.45, 2.75) is 13.8 Å². The molecule has 2 N–H and O–H groups in total. The molecule has 0 aliphatic carbocycles. The van der Waals surface area contributed by atoms with Gasteiger partial charge in [-0.3, -0.25) is 9.89 Å². The number of hydrogen-bond donors (Lipinski definition) is 2. The molecule has 0 spiro atoms. The Morgan fingerprint density at radius 1 is 1.24 bits per heavy atom. The second-order valence-electron chi connectivity index (χ2n) is 4.60. The van der Waals surface area contributed by atoms with Crippen molar-refractivity contribution < 1.29 is 0 Å². The number of aromatic amines is 2. The number of aliphatic imine (C=N–C) groups is 1. The largest absolute Gasteiger partial charge is 0.295 e. The smallest absolute Gasteiger partial charge is 0.288 e. The van der Waals surface area contributed by atoms with Crippen LogP contribution in [0.1, 0.15) is 16.8 Å². The van der Waals surface area contributed by atoms with E-state index in [4.69, 9.17) is 0 Å². The Morgan fingerprint density at radius 3 is 2.67 bits per heavy atom. The van der Waals surface area contributed by atoms with Crippen LogP contribution in [0.4, 0.5) is 5.95 Å². The monoisotopic (exact) mass is 283 g/mol. The number of rotatable bonds is 3. The second-order valence-corrected chi connectivity index (χ2v) is 4.60. The lowest BCUT2D eigenvalue weighted by atomic mass is 10.2. The number of tetrazole rings is 1. The van der Waals surface area contributed by atoms with E-state index in [1.165, 1.54) is 10.9 Å². The summed E-state index contributed by atoms with van der Waals surface area (Å²) < 4.78 is 1.48. The van der Waals surface area contributed by atoms with E-state index in [-0.39, 0.29) is 11.5 Å². The van der Waals surface area contributed by atoms with Crippen molar-refractivity contribution >= 4 is 12.2 Å². The van der Waals surface area contributed by atoms with Gasteiger partial charge in [0.15, 0.2) is 0 Å².